The van der Waals surface area contributed by atoms with Crippen LogP contribution in [0.5, 0.6) is 5.75 Å². The van der Waals surface area contributed by atoms with Crippen molar-refractivity contribution >= 4 is 11.7 Å². The molecule has 8 nitrogen and oxygen atoms in total. The monoisotopic (exact) mass is 400 g/mol. The predicted molar refractivity (Wildman–Crippen MR) is 105 cm³/mol. The van der Waals surface area contributed by atoms with E-state index in [1.54, 1.807) is 6.92 Å². The highest BCUT2D eigenvalue weighted by Gasteiger charge is 2.24. The van der Waals surface area contributed by atoms with E-state index in [0.717, 1.165) is 5.56 Å². The van der Waals surface area contributed by atoms with Crippen molar-refractivity contribution in [3.05, 3.63) is 69.3 Å². The minimum Gasteiger partial charge on any atom is -0.469 e. The SMILES string of the molecule is COC(=O)C(C)CN(Cc1ccccc1)Cc1cc([N+](=O)[O-])cc2c1OCOC2. The molecule has 154 valence electrons. The molecule has 0 N–H and O–H groups in total. The Morgan fingerprint density at radius 1 is 1.28 bits per heavy atom. The van der Waals surface area contributed by atoms with E-state index in [0.29, 0.717) is 36.5 Å². The second kappa shape index (κ2) is 9.49. The quantitative estimate of drug-likeness (QED) is 0.381. The summed E-state index contributed by atoms with van der Waals surface area (Å²) in [7, 11) is 1.37. The standard InChI is InChI=1S/C21H24N2O6/c1-15(21(24)27-2)10-22(11-16-6-4-3-5-7-16)12-17-8-19(23(25)26)9-18-13-28-14-29-20(17)18/h3-9,15H,10-14H2,1-2H3. The smallest absolute Gasteiger partial charge is 0.309 e. The fourth-order valence-corrected chi connectivity index (χ4v) is 3.43. The van der Waals surface area contributed by atoms with Gasteiger partial charge in [0.05, 0.1) is 24.6 Å². The summed E-state index contributed by atoms with van der Waals surface area (Å²) in [6.07, 6.45) is 0. The molecule has 0 saturated heterocycles. The zero-order valence-electron chi connectivity index (χ0n) is 16.5. The van der Waals surface area contributed by atoms with Gasteiger partial charge in [-0.1, -0.05) is 37.3 Å². The van der Waals surface area contributed by atoms with Gasteiger partial charge in [-0.3, -0.25) is 19.8 Å². The highest BCUT2D eigenvalue weighted by Crippen LogP contribution is 2.33. The summed E-state index contributed by atoms with van der Waals surface area (Å²) in [5.41, 5.74) is 2.42. The Labute approximate surface area is 169 Å². The van der Waals surface area contributed by atoms with E-state index in [2.05, 4.69) is 4.90 Å². The average molecular weight is 400 g/mol. The maximum absolute atomic E-state index is 11.9. The lowest BCUT2D eigenvalue weighted by Gasteiger charge is -2.27. The molecule has 1 unspecified atom stereocenters. The molecule has 1 aliphatic rings. The molecule has 2 aromatic carbocycles. The van der Waals surface area contributed by atoms with E-state index in [9.17, 15) is 14.9 Å². The molecule has 0 radical (unpaired) electrons. The Morgan fingerprint density at radius 2 is 2.03 bits per heavy atom. The maximum Gasteiger partial charge on any atom is 0.309 e. The number of non-ortho nitro benzene ring substituents is 1. The van der Waals surface area contributed by atoms with Gasteiger partial charge < -0.3 is 14.2 Å². The van der Waals surface area contributed by atoms with Crippen LogP contribution in [0.4, 0.5) is 5.69 Å². The van der Waals surface area contributed by atoms with E-state index in [4.69, 9.17) is 14.2 Å². The number of methoxy groups -OCH3 is 1. The number of carbonyl (C=O) groups is 1. The summed E-state index contributed by atoms with van der Waals surface area (Å²) in [5.74, 6) is -0.0260. The molecule has 1 atom stereocenters. The molecule has 1 heterocycles. The molecular formula is C21H24N2O6. The summed E-state index contributed by atoms with van der Waals surface area (Å²) in [6, 6.07) is 12.9. The molecule has 0 bridgehead atoms. The van der Waals surface area contributed by atoms with Gasteiger partial charge in [0.15, 0.2) is 6.79 Å². The summed E-state index contributed by atoms with van der Waals surface area (Å²) in [6.45, 7) is 3.58. The largest absolute Gasteiger partial charge is 0.469 e. The first-order chi connectivity index (χ1) is 14.0. The number of ether oxygens (including phenoxy) is 3. The number of carbonyl (C=O) groups excluding carboxylic acids is 1. The Bertz CT molecular complexity index is 871. The van der Waals surface area contributed by atoms with Crippen molar-refractivity contribution in [2.75, 3.05) is 20.4 Å². The number of rotatable bonds is 8. The Balaban J connectivity index is 1.90. The molecule has 2 aromatic rings. The van der Waals surface area contributed by atoms with Crippen molar-refractivity contribution in [1.82, 2.24) is 4.90 Å². The second-order valence-corrected chi connectivity index (χ2v) is 7.04. The number of nitro benzene ring substituents is 1. The third kappa shape index (κ3) is 5.30. The number of nitro groups is 1. The van der Waals surface area contributed by atoms with Crippen molar-refractivity contribution in [3.63, 3.8) is 0 Å². The number of esters is 1. The van der Waals surface area contributed by atoms with E-state index in [1.807, 2.05) is 30.3 Å². The Kier molecular flexibility index (Phi) is 6.79. The molecule has 0 saturated carbocycles. The number of hydrogen-bond donors (Lipinski definition) is 0. The van der Waals surface area contributed by atoms with Crippen molar-refractivity contribution in [3.8, 4) is 5.75 Å². The van der Waals surface area contributed by atoms with Crippen LogP contribution in [-0.4, -0.2) is 36.2 Å². The number of benzene rings is 2. The van der Waals surface area contributed by atoms with E-state index in [-0.39, 0.29) is 31.0 Å². The van der Waals surface area contributed by atoms with Crippen LogP contribution in [0, 0.1) is 16.0 Å². The van der Waals surface area contributed by atoms with E-state index in [1.165, 1.54) is 19.2 Å². The second-order valence-electron chi connectivity index (χ2n) is 7.04. The molecule has 8 heteroatoms. The van der Waals surface area contributed by atoms with E-state index < -0.39 is 4.92 Å². The third-order valence-electron chi connectivity index (χ3n) is 4.76. The highest BCUT2D eigenvalue weighted by atomic mass is 16.7. The summed E-state index contributed by atoms with van der Waals surface area (Å²) in [5, 5.41) is 11.4. The van der Waals surface area contributed by atoms with Gasteiger partial charge in [-0.05, 0) is 5.56 Å². The lowest BCUT2D eigenvalue weighted by molar-refractivity contribution is -0.385. The minimum atomic E-state index is -0.420. The van der Waals surface area contributed by atoms with Crippen LogP contribution >= 0.6 is 0 Å². The molecule has 0 aliphatic carbocycles. The van der Waals surface area contributed by atoms with Crippen molar-refractivity contribution in [1.29, 1.82) is 0 Å². The van der Waals surface area contributed by atoms with Crippen LogP contribution in [0.15, 0.2) is 42.5 Å². The Hall–Kier alpha value is -2.97. The summed E-state index contributed by atoms with van der Waals surface area (Å²) in [4.78, 5) is 25.0. The maximum atomic E-state index is 11.9. The van der Waals surface area contributed by atoms with Gasteiger partial charge in [-0.15, -0.1) is 0 Å². The van der Waals surface area contributed by atoms with Gasteiger partial charge in [0, 0.05) is 42.9 Å². The topological polar surface area (TPSA) is 91.1 Å². The number of nitrogens with zero attached hydrogens (tertiary/aromatic N) is 2. The van der Waals surface area contributed by atoms with E-state index >= 15 is 0 Å². The normalized spacial score (nSPS) is 14.0. The van der Waals surface area contributed by atoms with Gasteiger partial charge in [-0.25, -0.2) is 0 Å². The summed E-state index contributed by atoms with van der Waals surface area (Å²) < 4.78 is 15.8. The molecular weight excluding hydrogens is 376 g/mol. The van der Waals surface area contributed by atoms with Crippen LogP contribution in [0.3, 0.4) is 0 Å². The fourth-order valence-electron chi connectivity index (χ4n) is 3.43. The van der Waals surface area contributed by atoms with Gasteiger partial charge in [-0.2, -0.15) is 0 Å². The molecule has 0 spiro atoms. The van der Waals surface area contributed by atoms with Gasteiger partial charge >= 0.3 is 5.97 Å². The average Bonchev–Trinajstić information content (AvgIpc) is 2.73. The molecule has 1 aliphatic heterocycles. The Morgan fingerprint density at radius 3 is 2.72 bits per heavy atom. The zero-order valence-corrected chi connectivity index (χ0v) is 16.5. The summed E-state index contributed by atoms with van der Waals surface area (Å²) >= 11 is 0. The lowest BCUT2D eigenvalue weighted by atomic mass is 10.0. The molecule has 0 fully saturated rings. The van der Waals surface area contributed by atoms with Crippen LogP contribution in [0.2, 0.25) is 0 Å². The van der Waals surface area contributed by atoms with Crippen molar-refractivity contribution in [2.45, 2.75) is 26.6 Å². The number of fused-ring (bicyclic) bond motifs is 1. The van der Waals surface area contributed by atoms with Crippen LogP contribution in [0.25, 0.3) is 0 Å². The number of hydrogen-bond acceptors (Lipinski definition) is 7. The zero-order chi connectivity index (χ0) is 20.8. The first-order valence-electron chi connectivity index (χ1n) is 9.32. The van der Waals surface area contributed by atoms with Gasteiger partial charge in [0.2, 0.25) is 0 Å². The molecule has 0 amide bonds. The van der Waals surface area contributed by atoms with Crippen molar-refractivity contribution in [2.24, 2.45) is 5.92 Å². The van der Waals surface area contributed by atoms with Crippen LogP contribution in [-0.2, 0) is 34.0 Å². The first kappa shape index (κ1) is 20.8. The van der Waals surface area contributed by atoms with Gasteiger partial charge in [0.1, 0.15) is 5.75 Å². The van der Waals surface area contributed by atoms with Gasteiger partial charge in [0.25, 0.3) is 5.69 Å². The van der Waals surface area contributed by atoms with Crippen LogP contribution in [0.1, 0.15) is 23.6 Å². The highest BCUT2D eigenvalue weighted by molar-refractivity contribution is 5.72. The molecule has 3 rings (SSSR count). The minimum absolute atomic E-state index is 0.00599. The molecule has 0 aromatic heterocycles. The van der Waals surface area contributed by atoms with Crippen LogP contribution < -0.4 is 4.74 Å². The fraction of sp³-hybridized carbons (Fsp3) is 0.381. The first-order valence-corrected chi connectivity index (χ1v) is 9.32. The molecule has 29 heavy (non-hydrogen) atoms. The lowest BCUT2D eigenvalue weighted by Crippen LogP contribution is -2.32. The predicted octanol–water partition coefficient (Wildman–Crippen LogP) is 3.27. The van der Waals surface area contributed by atoms with Crippen molar-refractivity contribution < 1.29 is 23.9 Å². The third-order valence-corrected chi connectivity index (χ3v) is 4.76.